The Labute approximate surface area is 139 Å². The number of hydrogen-bond acceptors (Lipinski definition) is 4. The minimum Gasteiger partial charge on any atom is -0.444 e. The fourth-order valence-electron chi connectivity index (χ4n) is 1.47. The summed E-state index contributed by atoms with van der Waals surface area (Å²) in [5.74, 6) is 0. The molecule has 1 amide bonds. The molecular weight excluding hydrogens is 293 g/mol. The lowest BCUT2D eigenvalue weighted by atomic mass is 9.82. The van der Waals surface area contributed by atoms with Crippen molar-refractivity contribution >= 4 is 24.7 Å². The van der Waals surface area contributed by atoms with Crippen LogP contribution in [0.3, 0.4) is 0 Å². The monoisotopic (exact) mass is 320 g/mol. The summed E-state index contributed by atoms with van der Waals surface area (Å²) in [5.41, 5.74) is -0.904. The molecule has 0 fully saturated rings. The smallest absolute Gasteiger partial charge is 0.412 e. The van der Waals surface area contributed by atoms with Gasteiger partial charge in [-0.15, -0.1) is 0 Å². The standard InChI is InChI=1S/C17H27BNO4/c1-15(2,3)22-14(20)19-13-10-8-9-12(11-13)18-23-17(6,7)16(4,5)21/h8-11,21H,1-7H3,(H,19,20). The van der Waals surface area contributed by atoms with Crippen molar-refractivity contribution in [1.29, 1.82) is 0 Å². The van der Waals surface area contributed by atoms with Gasteiger partial charge >= 0.3 is 13.6 Å². The number of rotatable bonds is 5. The molecule has 0 heterocycles. The number of benzene rings is 1. The molecular formula is C17H27BNO4. The van der Waals surface area contributed by atoms with Gasteiger partial charge in [-0.25, -0.2) is 4.79 Å². The molecule has 1 aromatic rings. The van der Waals surface area contributed by atoms with Gasteiger partial charge in [0.15, 0.2) is 0 Å². The highest BCUT2D eigenvalue weighted by atomic mass is 16.6. The maximum absolute atomic E-state index is 11.8. The lowest BCUT2D eigenvalue weighted by Gasteiger charge is -2.37. The third-order valence-electron chi connectivity index (χ3n) is 3.49. The van der Waals surface area contributed by atoms with Crippen LogP contribution in [-0.4, -0.2) is 35.5 Å². The Hall–Kier alpha value is -1.53. The predicted molar refractivity (Wildman–Crippen MR) is 93.1 cm³/mol. The molecule has 0 spiro atoms. The minimum absolute atomic E-state index is 0.507. The summed E-state index contributed by atoms with van der Waals surface area (Å²) in [6, 6.07) is 7.19. The van der Waals surface area contributed by atoms with E-state index in [4.69, 9.17) is 9.39 Å². The highest BCUT2D eigenvalue weighted by molar-refractivity contribution is 6.47. The molecule has 0 unspecified atom stereocenters. The Balaban J connectivity index is 2.69. The summed E-state index contributed by atoms with van der Waals surface area (Å²) in [6.07, 6.45) is -0.507. The summed E-state index contributed by atoms with van der Waals surface area (Å²) < 4.78 is 10.9. The molecule has 23 heavy (non-hydrogen) atoms. The van der Waals surface area contributed by atoms with Crippen LogP contribution in [0.25, 0.3) is 0 Å². The first-order valence-corrected chi connectivity index (χ1v) is 7.64. The second-order valence-electron chi connectivity index (χ2n) is 7.56. The summed E-state index contributed by atoms with van der Waals surface area (Å²) in [6.45, 7) is 12.4. The largest absolute Gasteiger partial charge is 0.444 e. The molecule has 1 aromatic carbocycles. The van der Waals surface area contributed by atoms with Crippen LogP contribution in [0.15, 0.2) is 24.3 Å². The fourth-order valence-corrected chi connectivity index (χ4v) is 1.47. The van der Waals surface area contributed by atoms with Gasteiger partial charge in [-0.3, -0.25) is 5.32 Å². The van der Waals surface area contributed by atoms with Crippen LogP contribution in [0.4, 0.5) is 10.5 Å². The lowest BCUT2D eigenvalue weighted by molar-refractivity contribution is -0.0893. The van der Waals surface area contributed by atoms with E-state index < -0.39 is 22.9 Å². The Morgan fingerprint density at radius 2 is 1.74 bits per heavy atom. The molecule has 0 aliphatic carbocycles. The second kappa shape index (κ2) is 6.93. The number of ether oxygens (including phenoxy) is 1. The van der Waals surface area contributed by atoms with Crippen molar-refractivity contribution in [1.82, 2.24) is 0 Å². The highest BCUT2D eigenvalue weighted by Crippen LogP contribution is 2.24. The zero-order valence-electron chi connectivity index (χ0n) is 15.1. The number of hydrogen-bond donors (Lipinski definition) is 2. The molecule has 0 bridgehead atoms. The topological polar surface area (TPSA) is 67.8 Å². The van der Waals surface area contributed by atoms with Crippen LogP contribution in [0.1, 0.15) is 48.5 Å². The number of carbonyl (C=O) groups excluding carboxylic acids is 1. The highest BCUT2D eigenvalue weighted by Gasteiger charge is 2.35. The molecule has 0 aliphatic rings. The summed E-state index contributed by atoms with van der Waals surface area (Å²) in [7, 11) is 1.57. The first-order valence-electron chi connectivity index (χ1n) is 7.64. The third kappa shape index (κ3) is 6.63. The molecule has 127 valence electrons. The SMILES string of the molecule is CC(C)(C)OC(=O)Nc1cccc([B]OC(C)(C)C(C)(C)O)c1. The van der Waals surface area contributed by atoms with Gasteiger partial charge < -0.3 is 14.5 Å². The van der Waals surface area contributed by atoms with Crippen LogP contribution >= 0.6 is 0 Å². The van der Waals surface area contributed by atoms with Crippen LogP contribution in [0, 0.1) is 0 Å². The van der Waals surface area contributed by atoms with Gasteiger partial charge in [0, 0.05) is 5.69 Å². The number of nitrogens with one attached hydrogen (secondary N) is 1. The summed E-state index contributed by atoms with van der Waals surface area (Å²) in [4.78, 5) is 11.8. The van der Waals surface area contributed by atoms with Crippen molar-refractivity contribution in [3.05, 3.63) is 24.3 Å². The third-order valence-corrected chi connectivity index (χ3v) is 3.49. The van der Waals surface area contributed by atoms with Crippen LogP contribution in [0.2, 0.25) is 0 Å². The zero-order chi connectivity index (χ0) is 17.9. The Bertz CT molecular complexity index is 544. The molecule has 1 radical (unpaired) electrons. The number of carbonyl (C=O) groups is 1. The molecule has 0 saturated carbocycles. The van der Waals surface area contributed by atoms with Crippen molar-refractivity contribution < 1.29 is 19.3 Å². The maximum atomic E-state index is 11.8. The van der Waals surface area contributed by atoms with Crippen LogP contribution in [0.5, 0.6) is 0 Å². The van der Waals surface area contributed by atoms with Crippen LogP contribution < -0.4 is 10.8 Å². The van der Waals surface area contributed by atoms with E-state index in [1.807, 2.05) is 40.7 Å². The normalized spacial score (nSPS) is 12.7. The van der Waals surface area contributed by atoms with Gasteiger partial charge in [0.2, 0.25) is 0 Å². The number of aliphatic hydroxyl groups is 1. The van der Waals surface area contributed by atoms with E-state index in [0.717, 1.165) is 5.46 Å². The van der Waals surface area contributed by atoms with Crippen molar-refractivity contribution in [2.24, 2.45) is 0 Å². The lowest BCUT2D eigenvalue weighted by Crippen LogP contribution is -2.49. The zero-order valence-corrected chi connectivity index (χ0v) is 15.1. The fraction of sp³-hybridized carbons (Fsp3) is 0.588. The average molecular weight is 320 g/mol. The predicted octanol–water partition coefficient (Wildman–Crippen LogP) is 2.84. The van der Waals surface area contributed by atoms with Crippen molar-refractivity contribution in [2.75, 3.05) is 5.32 Å². The van der Waals surface area contributed by atoms with E-state index in [9.17, 15) is 9.90 Å². The molecule has 0 saturated heterocycles. The van der Waals surface area contributed by atoms with Gasteiger partial charge in [-0.2, -0.15) is 0 Å². The van der Waals surface area contributed by atoms with Crippen molar-refractivity contribution in [3.63, 3.8) is 0 Å². The van der Waals surface area contributed by atoms with E-state index in [2.05, 4.69) is 5.32 Å². The maximum Gasteiger partial charge on any atom is 0.412 e. The van der Waals surface area contributed by atoms with E-state index in [-0.39, 0.29) is 0 Å². The first kappa shape index (κ1) is 19.5. The van der Waals surface area contributed by atoms with Crippen molar-refractivity contribution in [2.45, 2.75) is 65.3 Å². The van der Waals surface area contributed by atoms with Gasteiger partial charge in [0.25, 0.3) is 0 Å². The minimum atomic E-state index is -0.990. The van der Waals surface area contributed by atoms with E-state index in [1.54, 1.807) is 39.5 Å². The molecule has 5 nitrogen and oxygen atoms in total. The second-order valence-corrected chi connectivity index (χ2v) is 7.56. The summed E-state index contributed by atoms with van der Waals surface area (Å²) >= 11 is 0. The first-order chi connectivity index (χ1) is 10.3. The van der Waals surface area contributed by atoms with Gasteiger partial charge in [0.1, 0.15) is 5.60 Å². The van der Waals surface area contributed by atoms with Gasteiger partial charge in [-0.1, -0.05) is 17.6 Å². The van der Waals surface area contributed by atoms with Crippen molar-refractivity contribution in [3.8, 4) is 0 Å². The van der Waals surface area contributed by atoms with E-state index >= 15 is 0 Å². The van der Waals surface area contributed by atoms with Crippen LogP contribution in [-0.2, 0) is 9.39 Å². The molecule has 6 heteroatoms. The van der Waals surface area contributed by atoms with E-state index in [0.29, 0.717) is 5.69 Å². The Morgan fingerprint density at radius 1 is 1.13 bits per heavy atom. The molecule has 2 N–H and O–H groups in total. The number of anilines is 1. The summed E-state index contributed by atoms with van der Waals surface area (Å²) in [5, 5.41) is 12.8. The number of amides is 1. The molecule has 1 rings (SSSR count). The Kier molecular flexibility index (Phi) is 5.88. The molecule has 0 aromatic heterocycles. The van der Waals surface area contributed by atoms with Gasteiger partial charge in [0.05, 0.1) is 11.2 Å². The molecule has 0 aliphatic heterocycles. The Morgan fingerprint density at radius 3 is 2.26 bits per heavy atom. The van der Waals surface area contributed by atoms with E-state index in [1.165, 1.54) is 0 Å². The molecule has 0 atom stereocenters. The average Bonchev–Trinajstić information content (AvgIpc) is 2.33. The quantitative estimate of drug-likeness (QED) is 0.819. The van der Waals surface area contributed by atoms with Gasteiger partial charge in [-0.05, 0) is 60.6 Å².